The summed E-state index contributed by atoms with van der Waals surface area (Å²) in [7, 11) is -3.56. The Bertz CT molecular complexity index is 568. The molecule has 1 aromatic carbocycles. The largest absolute Gasteiger partial charge is 0.391 e. The van der Waals surface area contributed by atoms with E-state index >= 15 is 0 Å². The van der Waals surface area contributed by atoms with Crippen LogP contribution in [0.25, 0.3) is 0 Å². The molecule has 0 aliphatic carbocycles. The molecule has 21 heavy (non-hydrogen) atoms. The third-order valence-electron chi connectivity index (χ3n) is 4.33. The molecule has 1 aliphatic rings. The number of benzene rings is 1. The Labute approximate surface area is 127 Å². The number of hydrogen-bond donors (Lipinski definition) is 1. The van der Waals surface area contributed by atoms with Crippen molar-refractivity contribution in [2.75, 3.05) is 0 Å². The average molecular weight is 311 g/mol. The first-order chi connectivity index (χ1) is 9.87. The van der Waals surface area contributed by atoms with Gasteiger partial charge in [-0.1, -0.05) is 31.0 Å². The molecule has 1 aromatic rings. The predicted octanol–water partition coefficient (Wildman–Crippen LogP) is 2.70. The number of nitrogens with zero attached hydrogens (tertiary/aromatic N) is 1. The molecule has 1 fully saturated rings. The van der Waals surface area contributed by atoms with E-state index in [1.165, 1.54) is 4.31 Å². The van der Waals surface area contributed by atoms with Crippen molar-refractivity contribution >= 4 is 10.0 Å². The Morgan fingerprint density at radius 3 is 2.43 bits per heavy atom. The molecule has 0 amide bonds. The van der Waals surface area contributed by atoms with Crippen molar-refractivity contribution in [1.82, 2.24) is 4.31 Å². The molecule has 0 aromatic heterocycles. The minimum atomic E-state index is -3.56. The van der Waals surface area contributed by atoms with Gasteiger partial charge in [0.2, 0.25) is 10.0 Å². The van der Waals surface area contributed by atoms with Crippen LogP contribution in [0.3, 0.4) is 0 Å². The normalized spacial score (nSPS) is 27.7. The third kappa shape index (κ3) is 3.30. The van der Waals surface area contributed by atoms with E-state index in [0.717, 1.165) is 24.8 Å². The fraction of sp³-hybridized carbons (Fsp3) is 0.625. The van der Waals surface area contributed by atoms with Gasteiger partial charge in [0, 0.05) is 12.1 Å². The van der Waals surface area contributed by atoms with Crippen LogP contribution in [0.5, 0.6) is 0 Å². The highest BCUT2D eigenvalue weighted by molar-refractivity contribution is 7.89. The SMILES string of the molecule is CCC[C@@H]1CC[C@@H](O)[C@H](C)N1S(=O)(=O)c1ccc(C)cc1. The molecule has 0 bridgehead atoms. The molecule has 3 atom stereocenters. The summed E-state index contributed by atoms with van der Waals surface area (Å²) < 4.78 is 27.4. The second kappa shape index (κ2) is 6.46. The zero-order valence-electron chi connectivity index (χ0n) is 13.0. The summed E-state index contributed by atoms with van der Waals surface area (Å²) in [4.78, 5) is 0.315. The van der Waals surface area contributed by atoms with E-state index < -0.39 is 16.1 Å². The molecule has 1 aliphatic heterocycles. The highest BCUT2D eigenvalue weighted by Crippen LogP contribution is 2.32. The van der Waals surface area contributed by atoms with Crippen LogP contribution in [0.2, 0.25) is 0 Å². The monoisotopic (exact) mass is 311 g/mol. The maximum absolute atomic E-state index is 13.0. The van der Waals surface area contributed by atoms with Gasteiger partial charge in [-0.15, -0.1) is 0 Å². The summed E-state index contributed by atoms with van der Waals surface area (Å²) in [5, 5.41) is 10.1. The molecule has 5 heteroatoms. The smallest absolute Gasteiger partial charge is 0.243 e. The van der Waals surface area contributed by atoms with Gasteiger partial charge in [-0.05, 0) is 45.2 Å². The van der Waals surface area contributed by atoms with E-state index in [1.54, 1.807) is 19.1 Å². The van der Waals surface area contributed by atoms with Crippen molar-refractivity contribution in [3.63, 3.8) is 0 Å². The summed E-state index contributed by atoms with van der Waals surface area (Å²) in [6.07, 6.45) is 2.59. The van der Waals surface area contributed by atoms with Crippen LogP contribution in [-0.4, -0.2) is 36.0 Å². The first kappa shape index (κ1) is 16.5. The molecule has 118 valence electrons. The van der Waals surface area contributed by atoms with Crippen molar-refractivity contribution in [2.45, 2.75) is 69.5 Å². The second-order valence-electron chi connectivity index (χ2n) is 5.98. The Morgan fingerprint density at radius 1 is 1.24 bits per heavy atom. The van der Waals surface area contributed by atoms with Gasteiger partial charge < -0.3 is 5.11 Å². The summed E-state index contributed by atoms with van der Waals surface area (Å²) >= 11 is 0. The number of aryl methyl sites for hydroxylation is 1. The van der Waals surface area contributed by atoms with Gasteiger partial charge in [0.1, 0.15) is 0 Å². The molecule has 1 saturated heterocycles. The quantitative estimate of drug-likeness (QED) is 0.930. The molecule has 1 N–H and O–H groups in total. The van der Waals surface area contributed by atoms with Crippen LogP contribution in [0.15, 0.2) is 29.2 Å². The minimum absolute atomic E-state index is 0.0142. The average Bonchev–Trinajstić information content (AvgIpc) is 2.43. The van der Waals surface area contributed by atoms with Crippen molar-refractivity contribution in [3.8, 4) is 0 Å². The summed E-state index contributed by atoms with van der Waals surface area (Å²) in [5.41, 5.74) is 1.03. The maximum Gasteiger partial charge on any atom is 0.243 e. The van der Waals surface area contributed by atoms with Gasteiger partial charge in [0.25, 0.3) is 0 Å². The molecule has 2 rings (SSSR count). The number of aliphatic hydroxyl groups excluding tert-OH is 1. The first-order valence-electron chi connectivity index (χ1n) is 7.66. The zero-order chi connectivity index (χ0) is 15.6. The van der Waals surface area contributed by atoms with Crippen LogP contribution in [0.4, 0.5) is 0 Å². The van der Waals surface area contributed by atoms with Crippen molar-refractivity contribution < 1.29 is 13.5 Å². The van der Waals surface area contributed by atoms with Gasteiger partial charge in [0.05, 0.1) is 11.0 Å². The van der Waals surface area contributed by atoms with Gasteiger partial charge in [-0.3, -0.25) is 0 Å². The van der Waals surface area contributed by atoms with Crippen LogP contribution in [-0.2, 0) is 10.0 Å². The lowest BCUT2D eigenvalue weighted by Crippen LogP contribution is -2.54. The molecular formula is C16H25NO3S. The van der Waals surface area contributed by atoms with Crippen molar-refractivity contribution in [1.29, 1.82) is 0 Å². The van der Waals surface area contributed by atoms with Gasteiger partial charge in [-0.2, -0.15) is 4.31 Å². The molecule has 0 saturated carbocycles. The second-order valence-corrected chi connectivity index (χ2v) is 7.82. The molecule has 1 heterocycles. The fourth-order valence-electron chi connectivity index (χ4n) is 3.09. The first-order valence-corrected chi connectivity index (χ1v) is 9.10. The van der Waals surface area contributed by atoms with Gasteiger partial charge in [0.15, 0.2) is 0 Å². The molecule has 0 radical (unpaired) electrons. The Kier molecular flexibility index (Phi) is 5.07. The lowest BCUT2D eigenvalue weighted by Gasteiger charge is -2.42. The molecule has 0 spiro atoms. The van der Waals surface area contributed by atoms with Gasteiger partial charge >= 0.3 is 0 Å². The highest BCUT2D eigenvalue weighted by Gasteiger charge is 2.41. The van der Waals surface area contributed by atoms with Crippen LogP contribution in [0, 0.1) is 6.92 Å². The van der Waals surface area contributed by atoms with E-state index in [-0.39, 0.29) is 12.1 Å². The maximum atomic E-state index is 13.0. The minimum Gasteiger partial charge on any atom is -0.391 e. The molecular weight excluding hydrogens is 286 g/mol. The Morgan fingerprint density at radius 2 is 1.86 bits per heavy atom. The number of rotatable bonds is 4. The van der Waals surface area contributed by atoms with E-state index in [9.17, 15) is 13.5 Å². The number of aliphatic hydroxyl groups is 1. The highest BCUT2D eigenvalue weighted by atomic mass is 32.2. The summed E-state index contributed by atoms with van der Waals surface area (Å²) in [5.74, 6) is 0. The Balaban J connectivity index is 2.40. The van der Waals surface area contributed by atoms with E-state index in [0.29, 0.717) is 11.3 Å². The van der Waals surface area contributed by atoms with Crippen molar-refractivity contribution in [3.05, 3.63) is 29.8 Å². The standard InChI is InChI=1S/C16H25NO3S/c1-4-5-14-8-11-16(18)13(3)17(14)21(19,20)15-9-6-12(2)7-10-15/h6-7,9-10,13-14,16,18H,4-5,8,11H2,1-3H3/t13-,14+,16+/m0/s1. The third-order valence-corrected chi connectivity index (χ3v) is 6.39. The Hall–Kier alpha value is -0.910. The number of piperidine rings is 1. The molecule has 0 unspecified atom stereocenters. The lowest BCUT2D eigenvalue weighted by atomic mass is 9.94. The number of hydrogen-bond acceptors (Lipinski definition) is 3. The van der Waals surface area contributed by atoms with Crippen LogP contribution < -0.4 is 0 Å². The van der Waals surface area contributed by atoms with Crippen LogP contribution in [0.1, 0.15) is 45.1 Å². The molecule has 4 nitrogen and oxygen atoms in total. The van der Waals surface area contributed by atoms with Gasteiger partial charge in [-0.25, -0.2) is 8.42 Å². The lowest BCUT2D eigenvalue weighted by molar-refractivity contribution is 0.0320. The van der Waals surface area contributed by atoms with Crippen LogP contribution >= 0.6 is 0 Å². The van der Waals surface area contributed by atoms with E-state index in [2.05, 4.69) is 6.92 Å². The fourth-order valence-corrected chi connectivity index (χ4v) is 4.99. The van der Waals surface area contributed by atoms with E-state index in [4.69, 9.17) is 0 Å². The number of sulfonamides is 1. The van der Waals surface area contributed by atoms with E-state index in [1.807, 2.05) is 19.1 Å². The van der Waals surface area contributed by atoms with Crippen molar-refractivity contribution in [2.24, 2.45) is 0 Å². The predicted molar refractivity (Wildman–Crippen MR) is 83.6 cm³/mol. The summed E-state index contributed by atoms with van der Waals surface area (Å²) in [6.45, 7) is 5.80. The summed E-state index contributed by atoms with van der Waals surface area (Å²) in [6, 6.07) is 6.55. The zero-order valence-corrected chi connectivity index (χ0v) is 13.8. The topological polar surface area (TPSA) is 57.6 Å².